The third kappa shape index (κ3) is 3.22. The highest BCUT2D eigenvalue weighted by molar-refractivity contribution is 5.85. The van der Waals surface area contributed by atoms with Crippen molar-refractivity contribution in [3.63, 3.8) is 0 Å². The monoisotopic (exact) mass is 225 g/mol. The Morgan fingerprint density at radius 2 is 1.60 bits per heavy atom. The first kappa shape index (κ1) is 12.5. The maximum atomic E-state index is 5.69. The van der Waals surface area contributed by atoms with Crippen LogP contribution in [0.3, 0.4) is 0 Å². The van der Waals surface area contributed by atoms with Gasteiger partial charge < -0.3 is 5.73 Å². The Morgan fingerprint density at radius 3 is 2.13 bits per heavy atom. The summed E-state index contributed by atoms with van der Waals surface area (Å²) in [6.45, 7) is 0.876. The first-order valence-electron chi connectivity index (χ1n) is 5.65. The second-order valence-electron chi connectivity index (χ2n) is 4.36. The van der Waals surface area contributed by atoms with E-state index in [0.29, 0.717) is 0 Å². The second kappa shape index (κ2) is 6.14. The molecule has 0 amide bonds. The van der Waals surface area contributed by atoms with Crippen LogP contribution >= 0.6 is 12.4 Å². The van der Waals surface area contributed by atoms with Gasteiger partial charge in [0.15, 0.2) is 0 Å². The van der Waals surface area contributed by atoms with Crippen LogP contribution in [0.15, 0.2) is 30.3 Å². The highest BCUT2D eigenvalue weighted by Crippen LogP contribution is 2.34. The van der Waals surface area contributed by atoms with Gasteiger partial charge in [-0.1, -0.05) is 30.3 Å². The quantitative estimate of drug-likeness (QED) is 0.821. The second-order valence-corrected chi connectivity index (χ2v) is 4.36. The number of hydrogen-bond acceptors (Lipinski definition) is 1. The van der Waals surface area contributed by atoms with Crippen molar-refractivity contribution < 1.29 is 0 Å². The minimum atomic E-state index is 0. The van der Waals surface area contributed by atoms with E-state index in [2.05, 4.69) is 30.3 Å². The van der Waals surface area contributed by atoms with Crippen molar-refractivity contribution in [1.29, 1.82) is 0 Å². The van der Waals surface area contributed by atoms with Crippen molar-refractivity contribution in [1.82, 2.24) is 0 Å². The van der Waals surface area contributed by atoms with E-state index >= 15 is 0 Å². The van der Waals surface area contributed by atoms with Gasteiger partial charge in [-0.25, -0.2) is 0 Å². The molecule has 0 saturated heterocycles. The molecule has 1 aromatic carbocycles. The van der Waals surface area contributed by atoms with Gasteiger partial charge in [0.2, 0.25) is 0 Å². The zero-order valence-corrected chi connectivity index (χ0v) is 9.88. The number of rotatable bonds is 2. The first-order valence-corrected chi connectivity index (χ1v) is 5.65. The lowest BCUT2D eigenvalue weighted by Crippen LogP contribution is -2.20. The summed E-state index contributed by atoms with van der Waals surface area (Å²) in [7, 11) is 0. The molecular weight excluding hydrogens is 206 g/mol. The van der Waals surface area contributed by atoms with Gasteiger partial charge in [-0.15, -0.1) is 12.4 Å². The molecule has 2 heteroatoms. The largest absolute Gasteiger partial charge is 0.330 e. The number of hydrogen-bond donors (Lipinski definition) is 1. The topological polar surface area (TPSA) is 26.0 Å². The maximum Gasteiger partial charge on any atom is -0.00489 e. The van der Waals surface area contributed by atoms with E-state index in [0.717, 1.165) is 18.4 Å². The molecule has 1 aromatic rings. The molecule has 0 atom stereocenters. The van der Waals surface area contributed by atoms with Crippen molar-refractivity contribution in [2.24, 2.45) is 11.7 Å². The summed E-state index contributed by atoms with van der Waals surface area (Å²) in [5, 5.41) is 0. The molecule has 0 bridgehead atoms. The standard InChI is InChI=1S/C13H19N.ClH/c14-10-11-6-8-13(9-7-11)12-4-2-1-3-5-12;/h1-5,11,13H,6-10,14H2;1H. The third-order valence-corrected chi connectivity index (χ3v) is 3.45. The molecule has 2 rings (SSSR count). The Hall–Kier alpha value is -0.530. The molecule has 0 spiro atoms. The molecule has 1 aliphatic carbocycles. The lowest BCUT2D eigenvalue weighted by molar-refractivity contribution is 0.333. The molecule has 0 radical (unpaired) electrons. The molecule has 84 valence electrons. The average Bonchev–Trinajstić information content (AvgIpc) is 2.30. The van der Waals surface area contributed by atoms with Crippen molar-refractivity contribution in [3.8, 4) is 0 Å². The average molecular weight is 226 g/mol. The zero-order chi connectivity index (χ0) is 9.80. The van der Waals surface area contributed by atoms with Gasteiger partial charge in [0, 0.05) is 0 Å². The molecule has 0 heterocycles. The molecule has 0 aliphatic heterocycles. The smallest absolute Gasteiger partial charge is 0.00489 e. The highest BCUT2D eigenvalue weighted by atomic mass is 35.5. The Morgan fingerprint density at radius 1 is 1.00 bits per heavy atom. The lowest BCUT2D eigenvalue weighted by atomic mass is 9.79. The molecule has 2 N–H and O–H groups in total. The van der Waals surface area contributed by atoms with Gasteiger partial charge in [0.05, 0.1) is 0 Å². The fraction of sp³-hybridized carbons (Fsp3) is 0.538. The molecule has 0 aromatic heterocycles. The van der Waals surface area contributed by atoms with E-state index in [1.807, 2.05) is 0 Å². The number of halogens is 1. The van der Waals surface area contributed by atoms with Crippen molar-refractivity contribution >= 4 is 12.4 Å². The van der Waals surface area contributed by atoms with Crippen LogP contribution in [0.2, 0.25) is 0 Å². The zero-order valence-electron chi connectivity index (χ0n) is 9.06. The van der Waals surface area contributed by atoms with Gasteiger partial charge in [-0.2, -0.15) is 0 Å². The Labute approximate surface area is 98.5 Å². The van der Waals surface area contributed by atoms with E-state index in [9.17, 15) is 0 Å². The molecule has 0 unspecified atom stereocenters. The summed E-state index contributed by atoms with van der Waals surface area (Å²) in [6, 6.07) is 10.9. The molecule has 15 heavy (non-hydrogen) atoms. The Kier molecular flexibility index (Phi) is 5.13. The molecular formula is C13H20ClN. The summed E-state index contributed by atoms with van der Waals surface area (Å²) in [5.41, 5.74) is 7.20. The highest BCUT2D eigenvalue weighted by Gasteiger charge is 2.20. The molecule has 1 fully saturated rings. The van der Waals surface area contributed by atoms with E-state index in [-0.39, 0.29) is 12.4 Å². The van der Waals surface area contributed by atoms with E-state index in [1.54, 1.807) is 0 Å². The van der Waals surface area contributed by atoms with Crippen LogP contribution in [0.4, 0.5) is 0 Å². The molecule has 1 saturated carbocycles. The maximum absolute atomic E-state index is 5.69. The van der Waals surface area contributed by atoms with Crippen LogP contribution in [0, 0.1) is 5.92 Å². The van der Waals surface area contributed by atoms with Gasteiger partial charge in [-0.3, -0.25) is 0 Å². The van der Waals surface area contributed by atoms with E-state index in [1.165, 1.54) is 31.2 Å². The van der Waals surface area contributed by atoms with Crippen LogP contribution in [-0.2, 0) is 0 Å². The van der Waals surface area contributed by atoms with Crippen LogP contribution in [0.5, 0.6) is 0 Å². The summed E-state index contributed by atoms with van der Waals surface area (Å²) in [4.78, 5) is 0. The minimum absolute atomic E-state index is 0. The first-order chi connectivity index (χ1) is 6.90. The van der Waals surface area contributed by atoms with Gasteiger partial charge >= 0.3 is 0 Å². The van der Waals surface area contributed by atoms with Gasteiger partial charge in [-0.05, 0) is 49.6 Å². The minimum Gasteiger partial charge on any atom is -0.330 e. The van der Waals surface area contributed by atoms with Crippen LogP contribution in [0.1, 0.15) is 37.2 Å². The third-order valence-electron chi connectivity index (χ3n) is 3.45. The van der Waals surface area contributed by atoms with E-state index in [4.69, 9.17) is 5.73 Å². The van der Waals surface area contributed by atoms with Gasteiger partial charge in [0.1, 0.15) is 0 Å². The summed E-state index contributed by atoms with van der Waals surface area (Å²) in [5.74, 6) is 1.58. The van der Waals surface area contributed by atoms with Crippen molar-refractivity contribution in [2.45, 2.75) is 31.6 Å². The fourth-order valence-corrected chi connectivity index (χ4v) is 2.46. The summed E-state index contributed by atoms with van der Waals surface area (Å²) in [6.07, 6.45) is 5.28. The van der Waals surface area contributed by atoms with Crippen molar-refractivity contribution in [2.75, 3.05) is 6.54 Å². The van der Waals surface area contributed by atoms with E-state index < -0.39 is 0 Å². The summed E-state index contributed by atoms with van der Waals surface area (Å²) < 4.78 is 0. The van der Waals surface area contributed by atoms with Crippen LogP contribution in [0.25, 0.3) is 0 Å². The molecule has 1 nitrogen and oxygen atoms in total. The van der Waals surface area contributed by atoms with Gasteiger partial charge in [0.25, 0.3) is 0 Å². The van der Waals surface area contributed by atoms with Crippen molar-refractivity contribution in [3.05, 3.63) is 35.9 Å². The number of nitrogens with two attached hydrogens (primary N) is 1. The van der Waals surface area contributed by atoms with Crippen LogP contribution < -0.4 is 5.73 Å². The predicted molar refractivity (Wildman–Crippen MR) is 67.4 cm³/mol. The summed E-state index contributed by atoms with van der Waals surface area (Å²) >= 11 is 0. The molecule has 1 aliphatic rings. The SMILES string of the molecule is Cl.NCC1CCC(c2ccccc2)CC1. The van der Waals surface area contributed by atoms with Crippen LogP contribution in [-0.4, -0.2) is 6.54 Å². The Bertz CT molecular complexity index is 265. The normalized spacial score (nSPS) is 25.7. The Balaban J connectivity index is 0.00000112. The number of benzene rings is 1. The predicted octanol–water partition coefficient (Wildman–Crippen LogP) is 3.34. The lowest BCUT2D eigenvalue weighted by Gasteiger charge is -2.27. The fourth-order valence-electron chi connectivity index (χ4n) is 2.46.